The first kappa shape index (κ1) is 17.6. The van der Waals surface area contributed by atoms with E-state index in [4.69, 9.17) is 16.3 Å². The first-order valence-corrected chi connectivity index (χ1v) is 9.79. The number of fused-ring (bicyclic) bond motifs is 1. The normalized spacial score (nSPS) is 16.8. The van der Waals surface area contributed by atoms with Gasteiger partial charge in [0.15, 0.2) is 6.10 Å². The molecular formula is C17H17ClN2O4S. The van der Waals surface area contributed by atoms with E-state index in [1.165, 1.54) is 4.31 Å². The maximum atomic E-state index is 12.6. The van der Waals surface area contributed by atoms with Crippen LogP contribution in [0.3, 0.4) is 0 Å². The van der Waals surface area contributed by atoms with Gasteiger partial charge < -0.3 is 10.1 Å². The smallest absolute Gasteiger partial charge is 0.267 e. The Kier molecular flexibility index (Phi) is 4.62. The third-order valence-corrected chi connectivity index (χ3v) is 5.26. The van der Waals surface area contributed by atoms with Gasteiger partial charge in [-0.1, -0.05) is 23.7 Å². The minimum absolute atomic E-state index is 0.0890. The van der Waals surface area contributed by atoms with Crippen LogP contribution in [0, 0.1) is 6.92 Å². The molecule has 0 aliphatic carbocycles. The van der Waals surface area contributed by atoms with Crippen molar-refractivity contribution in [3.8, 4) is 5.75 Å². The molecule has 1 atom stereocenters. The van der Waals surface area contributed by atoms with Gasteiger partial charge in [0.05, 0.1) is 18.5 Å². The molecule has 132 valence electrons. The second-order valence-electron chi connectivity index (χ2n) is 5.82. The van der Waals surface area contributed by atoms with Crippen LogP contribution >= 0.6 is 11.6 Å². The second kappa shape index (κ2) is 6.57. The summed E-state index contributed by atoms with van der Waals surface area (Å²) in [6.45, 7) is 1.73. The van der Waals surface area contributed by atoms with E-state index in [0.29, 0.717) is 22.1 Å². The van der Waals surface area contributed by atoms with Gasteiger partial charge in [0, 0.05) is 10.7 Å². The number of carbonyl (C=O) groups is 1. The van der Waals surface area contributed by atoms with E-state index in [1.54, 1.807) is 42.5 Å². The van der Waals surface area contributed by atoms with Gasteiger partial charge in [0.25, 0.3) is 5.91 Å². The predicted octanol–water partition coefficient (Wildman–Crippen LogP) is 2.81. The zero-order chi connectivity index (χ0) is 18.2. The molecule has 6 nitrogen and oxygen atoms in total. The molecule has 0 fully saturated rings. The summed E-state index contributed by atoms with van der Waals surface area (Å²) in [7, 11) is -3.54. The van der Waals surface area contributed by atoms with E-state index < -0.39 is 22.0 Å². The van der Waals surface area contributed by atoms with Crippen molar-refractivity contribution in [3.05, 3.63) is 53.1 Å². The lowest BCUT2D eigenvalue weighted by atomic mass is 10.1. The molecule has 3 rings (SSSR count). The van der Waals surface area contributed by atoms with Crippen LogP contribution in [0.2, 0.25) is 5.02 Å². The van der Waals surface area contributed by atoms with Crippen molar-refractivity contribution >= 4 is 38.9 Å². The van der Waals surface area contributed by atoms with Crippen LogP contribution in [0.1, 0.15) is 5.56 Å². The lowest BCUT2D eigenvalue weighted by Crippen LogP contribution is -2.48. The Bertz CT molecular complexity index is 930. The second-order valence-corrected chi connectivity index (χ2v) is 8.16. The highest BCUT2D eigenvalue weighted by Crippen LogP contribution is 2.34. The van der Waals surface area contributed by atoms with Crippen LogP contribution in [0.4, 0.5) is 11.4 Å². The quantitative estimate of drug-likeness (QED) is 0.888. The summed E-state index contributed by atoms with van der Waals surface area (Å²) in [6.07, 6.45) is 0.146. The number of carbonyl (C=O) groups excluding carboxylic acids is 1. The van der Waals surface area contributed by atoms with Crippen LogP contribution in [0.25, 0.3) is 0 Å². The Morgan fingerprint density at radius 3 is 2.68 bits per heavy atom. The van der Waals surface area contributed by atoms with Gasteiger partial charge >= 0.3 is 0 Å². The molecule has 0 saturated carbocycles. The number of hydrogen-bond donors (Lipinski definition) is 1. The van der Waals surface area contributed by atoms with E-state index in [-0.39, 0.29) is 6.54 Å². The van der Waals surface area contributed by atoms with Crippen LogP contribution in [-0.2, 0) is 14.8 Å². The highest BCUT2D eigenvalue weighted by Gasteiger charge is 2.34. The molecule has 1 aliphatic rings. The number of halogens is 1. The molecule has 0 radical (unpaired) electrons. The van der Waals surface area contributed by atoms with E-state index in [2.05, 4.69) is 5.32 Å². The number of para-hydroxylation sites is 2. The average molecular weight is 381 g/mol. The molecule has 0 bridgehead atoms. The number of rotatable bonds is 3. The largest absolute Gasteiger partial charge is 0.476 e. The lowest BCUT2D eigenvalue weighted by molar-refractivity contribution is -0.122. The van der Waals surface area contributed by atoms with Gasteiger partial charge in [-0.3, -0.25) is 9.10 Å². The van der Waals surface area contributed by atoms with Gasteiger partial charge in [0.2, 0.25) is 10.0 Å². The Balaban J connectivity index is 1.87. The monoisotopic (exact) mass is 380 g/mol. The molecule has 1 N–H and O–H groups in total. The molecule has 0 aromatic heterocycles. The number of sulfonamides is 1. The van der Waals surface area contributed by atoms with Crippen molar-refractivity contribution in [1.82, 2.24) is 0 Å². The number of nitrogens with one attached hydrogen (secondary N) is 1. The number of aryl methyl sites for hydroxylation is 1. The number of hydrogen-bond acceptors (Lipinski definition) is 4. The maximum absolute atomic E-state index is 12.6. The molecule has 25 heavy (non-hydrogen) atoms. The van der Waals surface area contributed by atoms with Crippen molar-refractivity contribution in [2.24, 2.45) is 0 Å². The number of nitrogens with zero attached hydrogens (tertiary/aromatic N) is 1. The molecule has 1 heterocycles. The van der Waals surface area contributed by atoms with Crippen LogP contribution in [0.15, 0.2) is 42.5 Å². The number of ether oxygens (including phenoxy) is 1. The van der Waals surface area contributed by atoms with Gasteiger partial charge in [-0.15, -0.1) is 0 Å². The van der Waals surface area contributed by atoms with Gasteiger partial charge in [0.1, 0.15) is 5.75 Å². The Morgan fingerprint density at radius 1 is 1.28 bits per heavy atom. The molecule has 1 aliphatic heterocycles. The molecule has 1 amide bonds. The summed E-state index contributed by atoms with van der Waals surface area (Å²) < 4.78 is 31.1. The van der Waals surface area contributed by atoms with Gasteiger partial charge in [-0.05, 0) is 42.8 Å². The molecule has 0 spiro atoms. The van der Waals surface area contributed by atoms with Crippen LogP contribution < -0.4 is 14.4 Å². The number of benzene rings is 2. The summed E-state index contributed by atoms with van der Waals surface area (Å²) in [5.74, 6) is -0.0688. The fourth-order valence-corrected chi connectivity index (χ4v) is 3.77. The lowest BCUT2D eigenvalue weighted by Gasteiger charge is -2.33. The molecule has 8 heteroatoms. The first-order valence-electron chi connectivity index (χ1n) is 7.56. The topological polar surface area (TPSA) is 75.7 Å². The van der Waals surface area contributed by atoms with Gasteiger partial charge in [-0.2, -0.15) is 0 Å². The third kappa shape index (κ3) is 3.72. The van der Waals surface area contributed by atoms with E-state index >= 15 is 0 Å². The highest BCUT2D eigenvalue weighted by molar-refractivity contribution is 7.92. The average Bonchev–Trinajstić information content (AvgIpc) is 2.55. The highest BCUT2D eigenvalue weighted by atomic mass is 35.5. The molecule has 2 aromatic carbocycles. The predicted molar refractivity (Wildman–Crippen MR) is 97.9 cm³/mol. The van der Waals surface area contributed by atoms with E-state index in [1.807, 2.05) is 6.92 Å². The SMILES string of the molecule is Cc1cc(Cl)ccc1NC(=O)[C@H]1CN(S(C)(=O)=O)c2ccccc2O1. The van der Waals surface area contributed by atoms with Crippen LogP contribution in [-0.4, -0.2) is 33.2 Å². The van der Waals surface area contributed by atoms with Gasteiger partial charge in [-0.25, -0.2) is 8.42 Å². The summed E-state index contributed by atoms with van der Waals surface area (Å²) in [6, 6.07) is 11.8. The minimum atomic E-state index is -3.54. The Morgan fingerprint density at radius 2 is 2.00 bits per heavy atom. The Hall–Kier alpha value is -2.25. The summed E-state index contributed by atoms with van der Waals surface area (Å²) in [5, 5.41) is 3.34. The number of amides is 1. The van der Waals surface area contributed by atoms with Crippen molar-refractivity contribution in [2.75, 3.05) is 22.4 Å². The Labute approximate surface area is 151 Å². The summed E-state index contributed by atoms with van der Waals surface area (Å²) in [5.41, 5.74) is 1.83. The summed E-state index contributed by atoms with van der Waals surface area (Å²) in [4.78, 5) is 12.6. The zero-order valence-electron chi connectivity index (χ0n) is 13.7. The molecule has 2 aromatic rings. The van der Waals surface area contributed by atoms with Crippen molar-refractivity contribution in [1.29, 1.82) is 0 Å². The standard InChI is InChI=1S/C17H17ClN2O4S/c1-11-9-12(18)7-8-13(11)19-17(21)16-10-20(25(2,22)23)14-5-3-4-6-15(14)24-16/h3-9,16H,10H2,1-2H3,(H,19,21)/t16-/m1/s1. The fraction of sp³-hybridized carbons (Fsp3) is 0.235. The van der Waals surface area contributed by atoms with Crippen molar-refractivity contribution in [3.63, 3.8) is 0 Å². The molecule has 0 saturated heterocycles. The molecule has 0 unspecified atom stereocenters. The minimum Gasteiger partial charge on any atom is -0.476 e. The fourth-order valence-electron chi connectivity index (χ4n) is 2.63. The van der Waals surface area contributed by atoms with E-state index in [0.717, 1.165) is 11.8 Å². The number of anilines is 2. The first-order chi connectivity index (χ1) is 11.8. The van der Waals surface area contributed by atoms with Crippen molar-refractivity contribution in [2.45, 2.75) is 13.0 Å². The zero-order valence-corrected chi connectivity index (χ0v) is 15.3. The van der Waals surface area contributed by atoms with Crippen molar-refractivity contribution < 1.29 is 17.9 Å². The maximum Gasteiger partial charge on any atom is 0.267 e. The third-order valence-electron chi connectivity index (χ3n) is 3.87. The van der Waals surface area contributed by atoms with E-state index in [9.17, 15) is 13.2 Å². The molecular weight excluding hydrogens is 364 g/mol. The summed E-state index contributed by atoms with van der Waals surface area (Å²) >= 11 is 5.92. The van der Waals surface area contributed by atoms with Crippen LogP contribution in [0.5, 0.6) is 5.75 Å².